The Bertz CT molecular complexity index is 483. The summed E-state index contributed by atoms with van der Waals surface area (Å²) < 4.78 is 27.0. The van der Waals surface area contributed by atoms with Crippen molar-refractivity contribution in [1.82, 2.24) is 4.31 Å². The molecule has 4 nitrogen and oxygen atoms in total. The molecule has 1 heterocycles. The Hall–Kier alpha value is -0.780. The van der Waals surface area contributed by atoms with Gasteiger partial charge in [-0.05, 0) is 30.7 Å². The molecule has 1 aliphatic rings. The zero-order chi connectivity index (χ0) is 11.1. The number of hydrogen-bond acceptors (Lipinski definition) is 2. The molecule has 0 spiro atoms. The quantitative estimate of drug-likeness (QED) is 0.824. The minimum absolute atomic E-state index is 0.575. The molecule has 0 aliphatic carbocycles. The van der Waals surface area contributed by atoms with E-state index in [0.29, 0.717) is 23.8 Å². The molecule has 15 heavy (non-hydrogen) atoms. The van der Waals surface area contributed by atoms with Crippen LogP contribution in [-0.4, -0.2) is 25.8 Å². The zero-order valence-corrected chi connectivity index (χ0v) is 9.77. The van der Waals surface area contributed by atoms with Crippen molar-refractivity contribution in [3.8, 4) is 0 Å². The van der Waals surface area contributed by atoms with E-state index in [2.05, 4.69) is 4.72 Å². The molecule has 1 saturated heterocycles. The van der Waals surface area contributed by atoms with Crippen LogP contribution in [0.15, 0.2) is 18.2 Å². The molecular formula is C9H11ClN2O2S. The Morgan fingerprint density at radius 2 is 2.07 bits per heavy atom. The Morgan fingerprint density at radius 3 is 2.60 bits per heavy atom. The van der Waals surface area contributed by atoms with Crippen LogP contribution in [0, 0.1) is 6.92 Å². The summed E-state index contributed by atoms with van der Waals surface area (Å²) in [6.45, 7) is 3.01. The van der Waals surface area contributed by atoms with E-state index >= 15 is 0 Å². The van der Waals surface area contributed by atoms with Crippen molar-refractivity contribution in [1.29, 1.82) is 0 Å². The van der Waals surface area contributed by atoms with E-state index in [1.165, 1.54) is 4.31 Å². The highest BCUT2D eigenvalue weighted by molar-refractivity contribution is 7.90. The highest BCUT2D eigenvalue weighted by Gasteiger charge is 2.31. The first-order chi connectivity index (χ1) is 6.99. The zero-order valence-electron chi connectivity index (χ0n) is 8.20. The van der Waals surface area contributed by atoms with Gasteiger partial charge in [0.15, 0.2) is 0 Å². The third-order valence-corrected chi connectivity index (χ3v) is 3.93. The summed E-state index contributed by atoms with van der Waals surface area (Å²) >= 11 is 5.78. The molecule has 1 fully saturated rings. The van der Waals surface area contributed by atoms with Crippen LogP contribution in [0.3, 0.4) is 0 Å². The molecule has 6 heteroatoms. The lowest BCUT2D eigenvalue weighted by molar-refractivity contribution is 0.569. The predicted octanol–water partition coefficient (Wildman–Crippen LogP) is 1.62. The first kappa shape index (κ1) is 10.7. The van der Waals surface area contributed by atoms with Gasteiger partial charge in [-0.15, -0.1) is 0 Å². The van der Waals surface area contributed by atoms with Crippen LogP contribution in [0.25, 0.3) is 0 Å². The van der Waals surface area contributed by atoms with Crippen LogP contribution in [0.2, 0.25) is 5.02 Å². The second kappa shape index (κ2) is 3.66. The SMILES string of the molecule is Cc1cc(Cl)ccc1NS(=O)(=O)N1CC1. The van der Waals surface area contributed by atoms with Crippen LogP contribution in [0.1, 0.15) is 5.56 Å². The van der Waals surface area contributed by atoms with E-state index in [-0.39, 0.29) is 0 Å². The topological polar surface area (TPSA) is 49.2 Å². The van der Waals surface area contributed by atoms with Crippen molar-refractivity contribution in [2.75, 3.05) is 17.8 Å². The Morgan fingerprint density at radius 1 is 1.40 bits per heavy atom. The summed E-state index contributed by atoms with van der Waals surface area (Å²) in [5, 5.41) is 0.599. The fourth-order valence-electron chi connectivity index (χ4n) is 1.23. The van der Waals surface area contributed by atoms with E-state index in [4.69, 9.17) is 11.6 Å². The van der Waals surface area contributed by atoms with E-state index < -0.39 is 10.2 Å². The molecule has 1 aliphatic heterocycles. The molecular weight excluding hydrogens is 236 g/mol. The Balaban J connectivity index is 2.24. The van der Waals surface area contributed by atoms with E-state index in [1.807, 2.05) is 6.92 Å². The van der Waals surface area contributed by atoms with Gasteiger partial charge in [-0.3, -0.25) is 4.72 Å². The summed E-state index contributed by atoms with van der Waals surface area (Å²) in [6.07, 6.45) is 0. The predicted molar refractivity (Wildman–Crippen MR) is 60.3 cm³/mol. The van der Waals surface area contributed by atoms with Crippen LogP contribution in [0.4, 0.5) is 5.69 Å². The van der Waals surface area contributed by atoms with E-state index in [9.17, 15) is 8.42 Å². The monoisotopic (exact) mass is 246 g/mol. The fraction of sp³-hybridized carbons (Fsp3) is 0.333. The van der Waals surface area contributed by atoms with Crippen LogP contribution in [0.5, 0.6) is 0 Å². The standard InChI is InChI=1S/C9H11ClN2O2S/c1-7-6-8(10)2-3-9(7)11-15(13,14)12-4-5-12/h2-3,6,11H,4-5H2,1H3. The maximum atomic E-state index is 11.6. The molecule has 0 unspecified atom stereocenters. The minimum atomic E-state index is -3.34. The van der Waals surface area contributed by atoms with Gasteiger partial charge in [0.2, 0.25) is 0 Å². The van der Waals surface area contributed by atoms with Gasteiger partial charge in [0, 0.05) is 18.1 Å². The first-order valence-corrected chi connectivity index (χ1v) is 6.35. The molecule has 2 rings (SSSR count). The molecule has 0 saturated carbocycles. The third-order valence-electron chi connectivity index (χ3n) is 2.17. The van der Waals surface area contributed by atoms with Gasteiger partial charge in [0.05, 0.1) is 5.69 Å². The number of halogens is 1. The number of nitrogens with one attached hydrogen (secondary N) is 1. The summed E-state index contributed by atoms with van der Waals surface area (Å²) in [7, 11) is -3.34. The lowest BCUT2D eigenvalue weighted by Gasteiger charge is -2.10. The highest BCUT2D eigenvalue weighted by atomic mass is 35.5. The lowest BCUT2D eigenvalue weighted by Crippen LogP contribution is -2.21. The van der Waals surface area contributed by atoms with E-state index in [0.717, 1.165) is 5.56 Å². The third kappa shape index (κ3) is 2.42. The molecule has 0 bridgehead atoms. The highest BCUT2D eigenvalue weighted by Crippen LogP contribution is 2.22. The second-order valence-corrected chi connectivity index (χ2v) is 5.57. The first-order valence-electron chi connectivity index (χ1n) is 4.53. The van der Waals surface area contributed by atoms with Crippen LogP contribution >= 0.6 is 11.6 Å². The molecule has 1 aromatic carbocycles. The van der Waals surface area contributed by atoms with Crippen molar-refractivity contribution >= 4 is 27.5 Å². The van der Waals surface area contributed by atoms with Crippen molar-refractivity contribution in [3.05, 3.63) is 28.8 Å². The van der Waals surface area contributed by atoms with Gasteiger partial charge in [-0.25, -0.2) is 0 Å². The smallest absolute Gasteiger partial charge is 0.271 e. The van der Waals surface area contributed by atoms with Crippen molar-refractivity contribution in [2.24, 2.45) is 0 Å². The van der Waals surface area contributed by atoms with Gasteiger partial charge < -0.3 is 0 Å². The molecule has 1 aromatic rings. The van der Waals surface area contributed by atoms with Gasteiger partial charge in [0.1, 0.15) is 0 Å². The maximum Gasteiger partial charge on any atom is 0.301 e. The van der Waals surface area contributed by atoms with Crippen LogP contribution < -0.4 is 4.72 Å². The number of aryl methyl sites for hydroxylation is 1. The molecule has 0 radical (unpaired) electrons. The summed E-state index contributed by atoms with van der Waals surface area (Å²) in [4.78, 5) is 0. The maximum absolute atomic E-state index is 11.6. The largest absolute Gasteiger partial charge is 0.301 e. The van der Waals surface area contributed by atoms with Crippen molar-refractivity contribution in [3.63, 3.8) is 0 Å². The number of nitrogens with zero attached hydrogens (tertiary/aromatic N) is 1. The average Bonchev–Trinajstić information content (AvgIpc) is 2.92. The molecule has 1 N–H and O–H groups in total. The lowest BCUT2D eigenvalue weighted by atomic mass is 10.2. The molecule has 0 aromatic heterocycles. The Labute approximate surface area is 94.0 Å². The number of rotatable bonds is 3. The summed E-state index contributed by atoms with van der Waals surface area (Å²) in [5.41, 5.74) is 1.39. The number of anilines is 1. The number of benzene rings is 1. The average molecular weight is 247 g/mol. The number of hydrogen-bond donors (Lipinski definition) is 1. The molecule has 0 amide bonds. The summed E-state index contributed by atoms with van der Waals surface area (Å²) in [6, 6.07) is 5.05. The van der Waals surface area contributed by atoms with Crippen molar-refractivity contribution < 1.29 is 8.42 Å². The second-order valence-electron chi connectivity index (χ2n) is 3.47. The van der Waals surface area contributed by atoms with Crippen LogP contribution in [-0.2, 0) is 10.2 Å². The minimum Gasteiger partial charge on any atom is -0.271 e. The fourth-order valence-corrected chi connectivity index (χ4v) is 2.65. The van der Waals surface area contributed by atoms with Gasteiger partial charge >= 0.3 is 10.2 Å². The molecule has 0 atom stereocenters. The van der Waals surface area contributed by atoms with Gasteiger partial charge in [-0.1, -0.05) is 11.6 Å². The van der Waals surface area contributed by atoms with Gasteiger partial charge in [0.25, 0.3) is 0 Å². The van der Waals surface area contributed by atoms with Gasteiger partial charge in [-0.2, -0.15) is 12.7 Å². The summed E-state index contributed by atoms with van der Waals surface area (Å²) in [5.74, 6) is 0. The van der Waals surface area contributed by atoms with E-state index in [1.54, 1.807) is 18.2 Å². The van der Waals surface area contributed by atoms with Crippen molar-refractivity contribution in [2.45, 2.75) is 6.92 Å². The Kier molecular flexibility index (Phi) is 2.62. The molecule has 82 valence electrons. The normalized spacial score (nSPS) is 16.4.